The molecule has 3 aromatic carbocycles. The second-order valence-electron chi connectivity index (χ2n) is 12.1. The van der Waals surface area contributed by atoms with Crippen molar-refractivity contribution >= 4 is 47.6 Å². The Balaban J connectivity index is 0.00000523. The molecule has 1 aliphatic heterocycles. The van der Waals surface area contributed by atoms with E-state index in [9.17, 15) is 9.18 Å². The highest BCUT2D eigenvalue weighted by atomic mass is 35.5. The van der Waals surface area contributed by atoms with Gasteiger partial charge in [0.05, 0.1) is 17.8 Å². The van der Waals surface area contributed by atoms with E-state index in [-0.39, 0.29) is 18.2 Å². The van der Waals surface area contributed by atoms with Crippen LogP contribution in [0.1, 0.15) is 27.8 Å². The predicted molar refractivity (Wildman–Crippen MR) is 204 cm³/mol. The number of hydrogen-bond donors (Lipinski definition) is 0. The third-order valence-corrected chi connectivity index (χ3v) is 8.98. The lowest BCUT2D eigenvalue weighted by Gasteiger charge is -2.37. The van der Waals surface area contributed by atoms with Crippen molar-refractivity contribution in [3.63, 3.8) is 0 Å². The average molecular weight is 764 g/mol. The molecule has 0 aliphatic carbocycles. The largest absolute Gasteiger partial charge is 0.493 e. The minimum Gasteiger partial charge on any atom is -0.493 e. The summed E-state index contributed by atoms with van der Waals surface area (Å²) in [4.78, 5) is 24.8. The van der Waals surface area contributed by atoms with Gasteiger partial charge in [-0.05, 0) is 77.7 Å². The fourth-order valence-electron chi connectivity index (χ4n) is 5.77. The third kappa shape index (κ3) is 10.7. The molecule has 2 aromatic heterocycles. The molecule has 52 heavy (non-hydrogen) atoms. The average Bonchev–Trinajstić information content (AvgIpc) is 3.14. The third-order valence-electron chi connectivity index (χ3n) is 8.48. The minimum absolute atomic E-state index is 0. The molecule has 0 atom stereocenters. The molecule has 0 amide bonds. The normalized spacial score (nSPS) is 13.3. The Morgan fingerprint density at radius 1 is 0.827 bits per heavy atom. The standard InChI is InChI=1S/C40H37Cl2FN4O4.ClH/c1-28-22-32(23-36(41)40(28)51-39-13-11-35(25-45-39)50-27-31-6-12-38(42)44-24-31)37(14-20-48)47-18-16-46(17-19-47)26-30-4-2-29(3-5-30)15-21-49-34-9-7-33(43)8-10-34;/h2-14,20,22-25H,15-19,21,26-27H2,1H3;1H/b37-14+;. The number of aryl methyl sites for hydroxylation is 1. The van der Waals surface area contributed by atoms with Crippen molar-refractivity contribution in [2.45, 2.75) is 26.5 Å². The van der Waals surface area contributed by atoms with Crippen molar-refractivity contribution in [1.29, 1.82) is 0 Å². The Kier molecular flexibility index (Phi) is 13.9. The molecule has 6 rings (SSSR count). The summed E-state index contributed by atoms with van der Waals surface area (Å²) in [5.74, 6) is 1.84. The maximum atomic E-state index is 13.1. The zero-order valence-corrected chi connectivity index (χ0v) is 30.8. The van der Waals surface area contributed by atoms with Crippen LogP contribution in [0.25, 0.3) is 5.70 Å². The number of aromatic nitrogens is 2. The van der Waals surface area contributed by atoms with Crippen LogP contribution in [-0.4, -0.2) is 58.8 Å². The van der Waals surface area contributed by atoms with E-state index in [2.05, 4.69) is 44.0 Å². The van der Waals surface area contributed by atoms with Crippen LogP contribution in [-0.2, 0) is 24.4 Å². The lowest BCUT2D eigenvalue weighted by atomic mass is 10.1. The van der Waals surface area contributed by atoms with E-state index in [0.717, 1.165) is 67.8 Å². The molecule has 5 aromatic rings. The van der Waals surface area contributed by atoms with Crippen LogP contribution < -0.4 is 14.2 Å². The quantitative estimate of drug-likeness (QED) is 0.0631. The molecule has 0 bridgehead atoms. The number of aldehydes is 1. The fourth-order valence-corrected chi connectivity index (χ4v) is 6.18. The summed E-state index contributed by atoms with van der Waals surface area (Å²) in [5.41, 5.74) is 5.79. The van der Waals surface area contributed by atoms with Gasteiger partial charge in [-0.1, -0.05) is 53.5 Å². The van der Waals surface area contributed by atoms with Crippen LogP contribution >= 0.6 is 35.6 Å². The molecular formula is C40H38Cl3FN4O4. The second kappa shape index (κ2) is 18.7. The lowest BCUT2D eigenvalue weighted by molar-refractivity contribution is -0.104. The highest BCUT2D eigenvalue weighted by Gasteiger charge is 2.22. The highest BCUT2D eigenvalue weighted by Crippen LogP contribution is 2.36. The molecule has 0 N–H and O–H groups in total. The molecule has 1 saturated heterocycles. The summed E-state index contributed by atoms with van der Waals surface area (Å²) in [7, 11) is 0. The molecule has 0 radical (unpaired) electrons. The van der Waals surface area contributed by atoms with Crippen LogP contribution in [0, 0.1) is 12.7 Å². The SMILES string of the molecule is Cc1cc(/C(=C\C=O)N2CCN(Cc3ccc(CCOc4ccc(F)cc4)cc3)CC2)cc(Cl)c1Oc1ccc(OCc2ccc(Cl)nc2)cn1.Cl. The van der Waals surface area contributed by atoms with Gasteiger partial charge in [0.1, 0.15) is 35.4 Å². The van der Waals surface area contributed by atoms with E-state index in [4.69, 9.17) is 37.4 Å². The Morgan fingerprint density at radius 3 is 2.19 bits per heavy atom. The molecule has 3 heterocycles. The number of rotatable bonds is 14. The van der Waals surface area contributed by atoms with Crippen LogP contribution in [0.4, 0.5) is 4.39 Å². The molecule has 0 unspecified atom stereocenters. The van der Waals surface area contributed by atoms with Gasteiger partial charge in [-0.15, -0.1) is 12.4 Å². The molecular weight excluding hydrogens is 726 g/mol. The Labute approximate surface area is 319 Å². The van der Waals surface area contributed by atoms with E-state index in [0.29, 0.717) is 46.5 Å². The molecule has 270 valence electrons. The number of halogens is 4. The summed E-state index contributed by atoms with van der Waals surface area (Å²) in [6.45, 7) is 6.83. The second-order valence-corrected chi connectivity index (χ2v) is 12.9. The van der Waals surface area contributed by atoms with E-state index >= 15 is 0 Å². The number of carbonyl (C=O) groups is 1. The molecule has 12 heteroatoms. The van der Waals surface area contributed by atoms with E-state index in [1.165, 1.54) is 23.3 Å². The van der Waals surface area contributed by atoms with E-state index < -0.39 is 0 Å². The summed E-state index contributed by atoms with van der Waals surface area (Å²) >= 11 is 12.6. The molecule has 0 spiro atoms. The first-order valence-electron chi connectivity index (χ1n) is 16.6. The maximum Gasteiger partial charge on any atom is 0.219 e. The smallest absolute Gasteiger partial charge is 0.219 e. The number of hydrogen-bond acceptors (Lipinski definition) is 8. The van der Waals surface area contributed by atoms with Crippen molar-refractivity contribution in [2.75, 3.05) is 32.8 Å². The molecule has 1 aliphatic rings. The Hall–Kier alpha value is -4.67. The maximum absolute atomic E-state index is 13.1. The fraction of sp³-hybridized carbons (Fsp3) is 0.225. The summed E-state index contributed by atoms with van der Waals surface area (Å²) in [6.07, 6.45) is 6.44. The highest BCUT2D eigenvalue weighted by molar-refractivity contribution is 6.32. The number of allylic oxidation sites excluding steroid dienone is 1. The van der Waals surface area contributed by atoms with Gasteiger partial charge < -0.3 is 19.1 Å². The van der Waals surface area contributed by atoms with E-state index in [1.54, 1.807) is 48.8 Å². The summed E-state index contributed by atoms with van der Waals surface area (Å²) in [5, 5.41) is 0.848. The van der Waals surface area contributed by atoms with Gasteiger partial charge in [0, 0.05) is 68.7 Å². The number of piperazine rings is 1. The molecule has 1 fully saturated rings. The minimum atomic E-state index is -0.275. The number of pyridine rings is 2. The number of benzene rings is 3. The summed E-state index contributed by atoms with van der Waals surface area (Å²) in [6, 6.07) is 25.5. The van der Waals surface area contributed by atoms with Gasteiger partial charge in [0.15, 0.2) is 5.75 Å². The van der Waals surface area contributed by atoms with Crippen LogP contribution in [0.2, 0.25) is 10.2 Å². The number of carbonyl (C=O) groups excluding carboxylic acids is 1. The van der Waals surface area contributed by atoms with Gasteiger partial charge in [0.2, 0.25) is 5.88 Å². The van der Waals surface area contributed by atoms with Gasteiger partial charge in [-0.2, -0.15) is 0 Å². The summed E-state index contributed by atoms with van der Waals surface area (Å²) < 4.78 is 30.7. The molecule has 8 nitrogen and oxygen atoms in total. The van der Waals surface area contributed by atoms with Gasteiger partial charge in [-0.25, -0.2) is 14.4 Å². The van der Waals surface area contributed by atoms with Crippen LogP contribution in [0.3, 0.4) is 0 Å². The van der Waals surface area contributed by atoms with Gasteiger partial charge >= 0.3 is 0 Å². The number of nitrogens with zero attached hydrogens (tertiary/aromatic N) is 4. The van der Waals surface area contributed by atoms with Crippen molar-refractivity contribution in [2.24, 2.45) is 0 Å². The first-order valence-corrected chi connectivity index (χ1v) is 17.3. The zero-order valence-electron chi connectivity index (χ0n) is 28.5. The van der Waals surface area contributed by atoms with Crippen molar-refractivity contribution in [3.8, 4) is 23.1 Å². The van der Waals surface area contributed by atoms with Gasteiger partial charge in [-0.3, -0.25) is 9.69 Å². The van der Waals surface area contributed by atoms with Crippen molar-refractivity contribution in [1.82, 2.24) is 19.8 Å². The monoisotopic (exact) mass is 762 g/mol. The topological polar surface area (TPSA) is 77.0 Å². The Morgan fingerprint density at radius 2 is 1.54 bits per heavy atom. The zero-order chi connectivity index (χ0) is 35.6. The van der Waals surface area contributed by atoms with Crippen LogP contribution in [0.5, 0.6) is 23.1 Å². The first-order chi connectivity index (χ1) is 24.8. The van der Waals surface area contributed by atoms with Crippen LogP contribution in [0.15, 0.2) is 103 Å². The molecule has 0 saturated carbocycles. The van der Waals surface area contributed by atoms with E-state index in [1.807, 2.05) is 25.1 Å². The lowest BCUT2D eigenvalue weighted by Crippen LogP contribution is -2.45. The van der Waals surface area contributed by atoms with Crippen molar-refractivity contribution in [3.05, 3.63) is 147 Å². The van der Waals surface area contributed by atoms with Crippen molar-refractivity contribution < 1.29 is 23.4 Å². The predicted octanol–water partition coefficient (Wildman–Crippen LogP) is 9.00. The first kappa shape index (κ1) is 38.6. The van der Waals surface area contributed by atoms with Gasteiger partial charge in [0.25, 0.3) is 0 Å². The number of ether oxygens (including phenoxy) is 3. The Bertz CT molecular complexity index is 1910.